The second-order valence-corrected chi connectivity index (χ2v) is 9.48. The summed E-state index contributed by atoms with van der Waals surface area (Å²) in [5.74, 6) is -0.687. The Morgan fingerprint density at radius 2 is 1.97 bits per heavy atom. The Balaban J connectivity index is 1.77. The van der Waals surface area contributed by atoms with Gasteiger partial charge in [0.05, 0.1) is 33.4 Å². The molecular formula is C20H18F3N3O3S. The number of nitrogens with one attached hydrogen (secondary N) is 1. The average molecular weight is 437 g/mol. The number of hydrogen-bond donors (Lipinski definition) is 1. The van der Waals surface area contributed by atoms with Crippen LogP contribution in [0.15, 0.2) is 34.2 Å². The number of ketones is 1. The summed E-state index contributed by atoms with van der Waals surface area (Å²) < 4.78 is 64.2. The monoisotopic (exact) mass is 437 g/mol. The lowest BCUT2D eigenvalue weighted by Gasteiger charge is -2.14. The first-order valence-electron chi connectivity index (χ1n) is 9.29. The smallest absolute Gasteiger partial charge is 0.277 e. The van der Waals surface area contributed by atoms with Crippen molar-refractivity contribution in [1.82, 2.24) is 4.98 Å². The number of benzene rings is 1. The predicted molar refractivity (Wildman–Crippen MR) is 105 cm³/mol. The molecule has 1 aromatic carbocycles. The van der Waals surface area contributed by atoms with Gasteiger partial charge in [-0.2, -0.15) is 0 Å². The summed E-state index contributed by atoms with van der Waals surface area (Å²) >= 11 is 0. The van der Waals surface area contributed by atoms with Crippen LogP contribution in [0.5, 0.6) is 0 Å². The molecule has 158 valence electrons. The van der Waals surface area contributed by atoms with Gasteiger partial charge in [-0.1, -0.05) is 0 Å². The number of carbonyl (C=O) groups excluding carboxylic acids is 1. The number of Topliss-reactive ketones (excluding diaryl/α,β-unsaturated/α-hetero) is 1. The summed E-state index contributed by atoms with van der Waals surface area (Å²) in [6.45, 7) is 0. The number of carbonyl (C=O) groups is 1. The van der Waals surface area contributed by atoms with Gasteiger partial charge in [-0.15, -0.1) is 0 Å². The zero-order valence-corrected chi connectivity index (χ0v) is 16.8. The molecule has 0 amide bonds. The van der Waals surface area contributed by atoms with Crippen molar-refractivity contribution in [2.24, 2.45) is 10.9 Å². The van der Waals surface area contributed by atoms with Gasteiger partial charge in [0.25, 0.3) is 6.43 Å². The van der Waals surface area contributed by atoms with Crippen molar-refractivity contribution in [2.45, 2.75) is 37.0 Å². The van der Waals surface area contributed by atoms with Gasteiger partial charge in [0.2, 0.25) is 0 Å². The van der Waals surface area contributed by atoms with Crippen LogP contribution < -0.4 is 5.32 Å². The number of hydrogen-bond acceptors (Lipinski definition) is 6. The van der Waals surface area contributed by atoms with Crippen molar-refractivity contribution in [1.29, 1.82) is 0 Å². The first-order chi connectivity index (χ1) is 14.1. The quantitative estimate of drug-likeness (QED) is 0.712. The molecule has 4 rings (SSSR count). The van der Waals surface area contributed by atoms with Crippen molar-refractivity contribution in [2.75, 3.05) is 11.6 Å². The van der Waals surface area contributed by atoms with Gasteiger partial charge in [-0.3, -0.25) is 9.78 Å². The number of nitrogens with zero attached hydrogens (tertiary/aromatic N) is 2. The molecule has 2 aliphatic rings. The summed E-state index contributed by atoms with van der Waals surface area (Å²) in [7, 11) is -3.77. The number of sulfone groups is 1. The molecule has 0 atom stereocenters. The van der Waals surface area contributed by atoms with E-state index in [1.165, 1.54) is 12.1 Å². The van der Waals surface area contributed by atoms with Crippen LogP contribution in [0.25, 0.3) is 0 Å². The van der Waals surface area contributed by atoms with Crippen molar-refractivity contribution in [3.05, 3.63) is 41.5 Å². The Kier molecular flexibility index (Phi) is 5.13. The summed E-state index contributed by atoms with van der Waals surface area (Å²) in [4.78, 5) is 20.2. The molecule has 1 aromatic heterocycles. The Labute approximate surface area is 171 Å². The van der Waals surface area contributed by atoms with Crippen LogP contribution >= 0.6 is 0 Å². The molecule has 2 aromatic rings. The average Bonchev–Trinajstić information content (AvgIpc) is 3.41. The minimum atomic E-state index is -3.77. The van der Waals surface area contributed by atoms with Crippen molar-refractivity contribution < 1.29 is 26.4 Å². The molecule has 1 fully saturated rings. The first-order valence-corrected chi connectivity index (χ1v) is 11.2. The summed E-state index contributed by atoms with van der Waals surface area (Å²) in [6, 6.07) is 4.72. The number of aromatic nitrogens is 1. The fraction of sp³-hybridized carbons (Fsp3) is 0.350. The zero-order valence-electron chi connectivity index (χ0n) is 16.0. The van der Waals surface area contributed by atoms with Crippen LogP contribution in [0.3, 0.4) is 0 Å². The zero-order chi connectivity index (χ0) is 21.6. The van der Waals surface area contributed by atoms with Crippen molar-refractivity contribution >= 4 is 38.4 Å². The van der Waals surface area contributed by atoms with E-state index >= 15 is 0 Å². The maximum atomic E-state index is 13.6. The normalized spacial score (nSPS) is 15.8. The maximum Gasteiger partial charge on any atom is 0.277 e. The van der Waals surface area contributed by atoms with E-state index in [1.807, 2.05) is 0 Å². The Morgan fingerprint density at radius 3 is 2.60 bits per heavy atom. The molecule has 1 aliphatic heterocycles. The SMILES string of the molecule is CS(=O)(=O)c1cc(F)ccc1Nc1cc(CC(=O)C2CC2)nc2c1N=C(C(F)F)C2. The Hall–Kier alpha value is -2.75. The molecule has 1 aliphatic carbocycles. The number of aliphatic imine (C=N–C) groups is 1. The fourth-order valence-electron chi connectivity index (χ4n) is 3.34. The predicted octanol–water partition coefficient (Wildman–Crippen LogP) is 3.78. The molecule has 0 bridgehead atoms. The highest BCUT2D eigenvalue weighted by Crippen LogP contribution is 2.39. The lowest BCUT2D eigenvalue weighted by molar-refractivity contribution is -0.119. The highest BCUT2D eigenvalue weighted by Gasteiger charge is 2.31. The van der Waals surface area contributed by atoms with E-state index in [-0.39, 0.29) is 57.9 Å². The van der Waals surface area contributed by atoms with E-state index < -0.39 is 22.1 Å². The van der Waals surface area contributed by atoms with E-state index in [2.05, 4.69) is 15.3 Å². The Morgan fingerprint density at radius 1 is 1.23 bits per heavy atom. The lowest BCUT2D eigenvalue weighted by atomic mass is 10.1. The molecule has 0 radical (unpaired) electrons. The summed E-state index contributed by atoms with van der Waals surface area (Å²) in [6.07, 6.45) is -0.256. The number of pyridine rings is 1. The molecule has 0 unspecified atom stereocenters. The van der Waals surface area contributed by atoms with Crippen LogP contribution in [0.4, 0.5) is 30.2 Å². The van der Waals surface area contributed by atoms with Crippen LogP contribution in [0.2, 0.25) is 0 Å². The fourth-order valence-corrected chi connectivity index (χ4v) is 4.19. The molecule has 6 nitrogen and oxygen atoms in total. The van der Waals surface area contributed by atoms with E-state index in [0.717, 1.165) is 31.2 Å². The number of fused-ring (bicyclic) bond motifs is 1. The third-order valence-corrected chi connectivity index (χ3v) is 6.11. The highest BCUT2D eigenvalue weighted by molar-refractivity contribution is 7.90. The van der Waals surface area contributed by atoms with Gasteiger partial charge in [-0.05, 0) is 37.1 Å². The number of halogens is 3. The molecule has 2 heterocycles. The number of rotatable bonds is 7. The number of alkyl halides is 2. The maximum absolute atomic E-state index is 13.6. The Bertz CT molecular complexity index is 1180. The standard InChI is InChI=1S/C20H18F3N3O3S/c1-30(28,29)18-6-11(21)4-5-13(18)25-14-7-12(8-17(27)10-2-3-10)24-15-9-16(20(22)23)26-19(14)15/h4-7,10,20H,2-3,8-9H2,1H3,(H,24,25). The van der Waals surface area contributed by atoms with E-state index in [4.69, 9.17) is 0 Å². The first kappa shape index (κ1) is 20.5. The minimum Gasteiger partial charge on any atom is -0.353 e. The molecule has 1 N–H and O–H groups in total. The highest BCUT2D eigenvalue weighted by atomic mass is 32.2. The van der Waals surface area contributed by atoms with E-state index in [0.29, 0.717) is 5.69 Å². The summed E-state index contributed by atoms with van der Waals surface area (Å²) in [5.41, 5.74) is 0.808. The summed E-state index contributed by atoms with van der Waals surface area (Å²) in [5, 5.41) is 2.88. The van der Waals surface area contributed by atoms with Gasteiger partial charge in [0, 0.05) is 25.0 Å². The topological polar surface area (TPSA) is 88.5 Å². The molecule has 1 saturated carbocycles. The molecule has 0 saturated heterocycles. The second-order valence-electron chi connectivity index (χ2n) is 7.49. The lowest BCUT2D eigenvalue weighted by Crippen LogP contribution is -2.11. The largest absolute Gasteiger partial charge is 0.353 e. The van der Waals surface area contributed by atoms with Gasteiger partial charge in [0.15, 0.2) is 9.84 Å². The van der Waals surface area contributed by atoms with Crippen LogP contribution in [-0.4, -0.2) is 37.6 Å². The van der Waals surface area contributed by atoms with E-state index in [9.17, 15) is 26.4 Å². The van der Waals surface area contributed by atoms with Gasteiger partial charge in [-0.25, -0.2) is 26.6 Å². The third kappa shape index (κ3) is 4.23. The molecule has 10 heteroatoms. The van der Waals surface area contributed by atoms with Crippen molar-refractivity contribution in [3.63, 3.8) is 0 Å². The minimum absolute atomic E-state index is 0.0123. The van der Waals surface area contributed by atoms with Gasteiger partial charge >= 0.3 is 0 Å². The number of anilines is 2. The van der Waals surface area contributed by atoms with Crippen molar-refractivity contribution in [3.8, 4) is 0 Å². The molecule has 30 heavy (non-hydrogen) atoms. The van der Waals surface area contributed by atoms with Crippen LogP contribution in [0.1, 0.15) is 24.2 Å². The third-order valence-electron chi connectivity index (χ3n) is 4.97. The van der Waals surface area contributed by atoms with Gasteiger partial charge in [0.1, 0.15) is 17.3 Å². The van der Waals surface area contributed by atoms with Crippen LogP contribution in [-0.2, 0) is 27.5 Å². The van der Waals surface area contributed by atoms with E-state index in [1.54, 1.807) is 0 Å². The molecule has 0 spiro atoms. The second kappa shape index (κ2) is 7.50. The molecular weight excluding hydrogens is 419 g/mol. The van der Waals surface area contributed by atoms with Crippen LogP contribution in [0, 0.1) is 11.7 Å². The van der Waals surface area contributed by atoms with Gasteiger partial charge < -0.3 is 5.32 Å².